The highest BCUT2D eigenvalue weighted by Gasteiger charge is 2.16. The molecule has 0 amide bonds. The van der Waals surface area contributed by atoms with Crippen LogP contribution in [0.5, 0.6) is 5.75 Å². The molecule has 1 aromatic heterocycles. The van der Waals surface area contributed by atoms with Gasteiger partial charge in [-0.05, 0) is 12.1 Å². The summed E-state index contributed by atoms with van der Waals surface area (Å²) in [6.45, 7) is 0. The molecule has 84 valence electrons. The normalized spacial score (nSPS) is 10.4. The molecule has 0 spiro atoms. The number of hydrogen-bond acceptors (Lipinski definition) is 4. The first-order chi connectivity index (χ1) is 7.67. The number of imidazole rings is 1. The number of nitrogens with one attached hydrogen (secondary N) is 2. The quantitative estimate of drug-likeness (QED) is 0.731. The van der Waals surface area contributed by atoms with E-state index in [2.05, 4.69) is 14.7 Å². The first-order valence-corrected chi connectivity index (χ1v) is 4.54. The highest BCUT2D eigenvalue weighted by atomic mass is 16.5. The van der Waals surface area contributed by atoms with Crippen LogP contribution in [0.1, 0.15) is 10.4 Å². The van der Waals surface area contributed by atoms with Gasteiger partial charge in [0.2, 0.25) is 0 Å². The molecule has 2 rings (SSSR count). The molecule has 16 heavy (non-hydrogen) atoms. The Kier molecular flexibility index (Phi) is 2.40. The maximum atomic E-state index is 11.4. The van der Waals surface area contributed by atoms with Crippen LogP contribution in [0.4, 0.5) is 0 Å². The molecule has 0 bridgehead atoms. The van der Waals surface area contributed by atoms with Crippen LogP contribution in [-0.2, 0) is 4.74 Å². The molecule has 0 aliphatic carbocycles. The summed E-state index contributed by atoms with van der Waals surface area (Å²) in [7, 11) is 2.71. The number of aromatic amines is 2. The maximum absolute atomic E-state index is 11.4. The van der Waals surface area contributed by atoms with E-state index in [9.17, 15) is 9.59 Å². The van der Waals surface area contributed by atoms with Crippen LogP contribution in [0.25, 0.3) is 11.0 Å². The van der Waals surface area contributed by atoms with E-state index in [0.29, 0.717) is 16.8 Å². The van der Waals surface area contributed by atoms with Crippen LogP contribution in [0.3, 0.4) is 0 Å². The zero-order valence-electron chi connectivity index (χ0n) is 8.79. The summed E-state index contributed by atoms with van der Waals surface area (Å²) in [6.07, 6.45) is 0. The average molecular weight is 222 g/mol. The molecule has 2 aromatic rings. The van der Waals surface area contributed by atoms with Gasteiger partial charge >= 0.3 is 11.7 Å². The number of esters is 1. The van der Waals surface area contributed by atoms with Gasteiger partial charge in [-0.25, -0.2) is 9.59 Å². The van der Waals surface area contributed by atoms with Gasteiger partial charge < -0.3 is 19.4 Å². The van der Waals surface area contributed by atoms with Crippen molar-refractivity contribution in [3.8, 4) is 5.75 Å². The van der Waals surface area contributed by atoms with E-state index in [4.69, 9.17) is 4.74 Å². The second kappa shape index (κ2) is 3.73. The molecule has 1 aromatic carbocycles. The third kappa shape index (κ3) is 1.44. The van der Waals surface area contributed by atoms with Crippen molar-refractivity contribution in [2.75, 3.05) is 14.2 Å². The van der Waals surface area contributed by atoms with Crippen molar-refractivity contribution in [3.05, 3.63) is 28.2 Å². The van der Waals surface area contributed by atoms with Gasteiger partial charge in [-0.2, -0.15) is 0 Å². The number of H-pyrrole nitrogens is 2. The standard InChI is InChI=1S/C10H10N2O4/c1-15-8-5(9(13)16-2)3-4-6-7(8)12-10(14)11-6/h3-4H,1-2H3,(H2,11,12,14). The lowest BCUT2D eigenvalue weighted by atomic mass is 10.1. The van der Waals surface area contributed by atoms with Crippen molar-refractivity contribution >= 4 is 17.0 Å². The smallest absolute Gasteiger partial charge is 0.341 e. The molecule has 0 saturated carbocycles. The fourth-order valence-corrected chi connectivity index (χ4v) is 1.56. The van der Waals surface area contributed by atoms with E-state index < -0.39 is 5.97 Å². The number of benzene rings is 1. The van der Waals surface area contributed by atoms with E-state index in [1.807, 2.05) is 0 Å². The SMILES string of the molecule is COC(=O)c1ccc2[nH]c(=O)[nH]c2c1OC. The summed E-state index contributed by atoms with van der Waals surface area (Å²) in [5, 5.41) is 0. The lowest BCUT2D eigenvalue weighted by Gasteiger charge is -2.06. The van der Waals surface area contributed by atoms with Crippen molar-refractivity contribution in [1.29, 1.82) is 0 Å². The predicted octanol–water partition coefficient (Wildman–Crippen LogP) is 0.651. The summed E-state index contributed by atoms with van der Waals surface area (Å²) in [5.74, 6) is -0.219. The number of hydrogen-bond donors (Lipinski definition) is 2. The van der Waals surface area contributed by atoms with Crippen molar-refractivity contribution in [3.63, 3.8) is 0 Å². The lowest BCUT2D eigenvalue weighted by Crippen LogP contribution is -2.04. The van der Waals surface area contributed by atoms with Gasteiger partial charge in [-0.1, -0.05) is 0 Å². The summed E-state index contributed by atoms with van der Waals surface area (Å²) in [4.78, 5) is 27.7. The average Bonchev–Trinajstić information content (AvgIpc) is 2.66. The van der Waals surface area contributed by atoms with Gasteiger partial charge in [0.25, 0.3) is 0 Å². The number of rotatable bonds is 2. The van der Waals surface area contributed by atoms with Crippen LogP contribution >= 0.6 is 0 Å². The summed E-state index contributed by atoms with van der Waals surface area (Å²) >= 11 is 0. The van der Waals surface area contributed by atoms with Crippen molar-refractivity contribution < 1.29 is 14.3 Å². The van der Waals surface area contributed by atoms with Crippen molar-refractivity contribution in [1.82, 2.24) is 9.97 Å². The first kappa shape index (κ1) is 10.3. The molecule has 6 heteroatoms. The van der Waals surface area contributed by atoms with Crippen LogP contribution in [0.2, 0.25) is 0 Å². The monoisotopic (exact) mass is 222 g/mol. The third-order valence-corrected chi connectivity index (χ3v) is 2.25. The van der Waals surface area contributed by atoms with E-state index in [0.717, 1.165) is 0 Å². The number of fused-ring (bicyclic) bond motifs is 1. The van der Waals surface area contributed by atoms with Gasteiger partial charge in [0, 0.05) is 0 Å². The first-order valence-electron chi connectivity index (χ1n) is 4.54. The molecule has 0 atom stereocenters. The minimum Gasteiger partial charge on any atom is -0.494 e. The molecule has 0 unspecified atom stereocenters. The zero-order chi connectivity index (χ0) is 11.7. The number of aromatic nitrogens is 2. The Labute approximate surface area is 90.2 Å². The van der Waals surface area contributed by atoms with E-state index in [1.165, 1.54) is 20.3 Å². The third-order valence-electron chi connectivity index (χ3n) is 2.25. The number of carbonyl (C=O) groups excluding carboxylic acids is 1. The van der Waals surface area contributed by atoms with Crippen LogP contribution in [0, 0.1) is 0 Å². The predicted molar refractivity (Wildman–Crippen MR) is 56.8 cm³/mol. The molecule has 1 heterocycles. The molecular formula is C10H10N2O4. The summed E-state index contributed by atoms with van der Waals surface area (Å²) in [6, 6.07) is 3.15. The molecule has 0 saturated heterocycles. The molecule has 0 aliphatic heterocycles. The number of carbonyl (C=O) groups is 1. The highest BCUT2D eigenvalue weighted by Crippen LogP contribution is 2.26. The van der Waals surface area contributed by atoms with Crippen molar-refractivity contribution in [2.45, 2.75) is 0 Å². The van der Waals surface area contributed by atoms with Gasteiger partial charge in [0.05, 0.1) is 19.7 Å². The number of methoxy groups -OCH3 is 2. The highest BCUT2D eigenvalue weighted by molar-refractivity contribution is 5.99. The fourth-order valence-electron chi connectivity index (χ4n) is 1.56. The Morgan fingerprint density at radius 2 is 2.00 bits per heavy atom. The van der Waals surface area contributed by atoms with E-state index in [-0.39, 0.29) is 11.3 Å². The fraction of sp³-hybridized carbons (Fsp3) is 0.200. The maximum Gasteiger partial charge on any atom is 0.341 e. The minimum absolute atomic E-state index is 0.271. The molecule has 2 N–H and O–H groups in total. The van der Waals surface area contributed by atoms with Crippen LogP contribution in [0.15, 0.2) is 16.9 Å². The van der Waals surface area contributed by atoms with E-state index >= 15 is 0 Å². The Morgan fingerprint density at radius 3 is 2.62 bits per heavy atom. The molecular weight excluding hydrogens is 212 g/mol. The molecule has 0 fully saturated rings. The Hall–Kier alpha value is -2.24. The molecule has 6 nitrogen and oxygen atoms in total. The Bertz CT molecular complexity index is 596. The Balaban J connectivity index is 2.76. The van der Waals surface area contributed by atoms with E-state index in [1.54, 1.807) is 6.07 Å². The molecule has 0 aliphatic rings. The second-order valence-electron chi connectivity index (χ2n) is 3.14. The van der Waals surface area contributed by atoms with Gasteiger partial charge in [0.1, 0.15) is 11.1 Å². The summed E-state index contributed by atoms with van der Waals surface area (Å²) in [5.41, 5.74) is 0.952. The van der Waals surface area contributed by atoms with Crippen molar-refractivity contribution in [2.24, 2.45) is 0 Å². The van der Waals surface area contributed by atoms with Gasteiger partial charge in [-0.15, -0.1) is 0 Å². The zero-order valence-corrected chi connectivity index (χ0v) is 8.79. The lowest BCUT2D eigenvalue weighted by molar-refractivity contribution is 0.0597. The summed E-state index contributed by atoms with van der Waals surface area (Å²) < 4.78 is 9.72. The minimum atomic E-state index is -0.513. The topological polar surface area (TPSA) is 84.2 Å². The van der Waals surface area contributed by atoms with Crippen LogP contribution in [-0.4, -0.2) is 30.2 Å². The largest absolute Gasteiger partial charge is 0.494 e. The number of ether oxygens (including phenoxy) is 2. The second-order valence-corrected chi connectivity index (χ2v) is 3.14. The van der Waals surface area contributed by atoms with Gasteiger partial charge in [-0.3, -0.25) is 0 Å². The Morgan fingerprint density at radius 1 is 1.25 bits per heavy atom. The molecule has 0 radical (unpaired) electrons. The van der Waals surface area contributed by atoms with Gasteiger partial charge in [0.15, 0.2) is 5.75 Å². The van der Waals surface area contributed by atoms with Crippen LogP contribution < -0.4 is 10.4 Å².